The molecule has 0 atom stereocenters. The number of benzene rings is 1. The minimum Gasteiger partial charge on any atom is -0.277 e. The maximum atomic E-state index is 12.3. The van der Waals surface area contributed by atoms with Gasteiger partial charge in [0.05, 0.1) is 11.2 Å². The van der Waals surface area contributed by atoms with Crippen molar-refractivity contribution in [2.24, 2.45) is 0 Å². The molecule has 0 saturated heterocycles. The first kappa shape index (κ1) is 13.5. The highest BCUT2D eigenvalue weighted by atomic mass is 32.2. The highest BCUT2D eigenvalue weighted by molar-refractivity contribution is 7.92. The summed E-state index contributed by atoms with van der Waals surface area (Å²) in [7, 11) is -3.67. The summed E-state index contributed by atoms with van der Waals surface area (Å²) in [6.07, 6.45) is 4.55. The second kappa shape index (κ2) is 5.14. The molecule has 3 rings (SSSR count). The Bertz CT molecular complexity index is 893. The summed E-state index contributed by atoms with van der Waals surface area (Å²) >= 11 is 0. The molecule has 0 amide bonds. The standard InChI is InChI=1S/C15H13N3O2S/c1-11-8-12-4-2-6-14(15(12)17-9-11)18-21(19,20)13-5-3-7-16-10-13/h2-10,18H,1H3. The van der Waals surface area contributed by atoms with Crippen molar-refractivity contribution in [1.82, 2.24) is 9.97 Å². The van der Waals surface area contributed by atoms with Crippen molar-refractivity contribution < 1.29 is 8.42 Å². The van der Waals surface area contributed by atoms with E-state index in [1.165, 1.54) is 18.5 Å². The molecule has 21 heavy (non-hydrogen) atoms. The number of sulfonamides is 1. The van der Waals surface area contributed by atoms with Crippen LogP contribution in [0.2, 0.25) is 0 Å². The van der Waals surface area contributed by atoms with Gasteiger partial charge in [0.25, 0.3) is 10.0 Å². The predicted molar refractivity (Wildman–Crippen MR) is 81.5 cm³/mol. The van der Waals surface area contributed by atoms with E-state index >= 15 is 0 Å². The van der Waals surface area contributed by atoms with E-state index in [0.29, 0.717) is 11.2 Å². The van der Waals surface area contributed by atoms with Crippen LogP contribution in [0.4, 0.5) is 5.69 Å². The van der Waals surface area contributed by atoms with Gasteiger partial charge in [-0.2, -0.15) is 0 Å². The van der Waals surface area contributed by atoms with Gasteiger partial charge in [-0.1, -0.05) is 12.1 Å². The van der Waals surface area contributed by atoms with Crippen molar-refractivity contribution in [1.29, 1.82) is 0 Å². The van der Waals surface area contributed by atoms with Crippen LogP contribution in [0.25, 0.3) is 10.9 Å². The smallest absolute Gasteiger partial charge is 0.263 e. The molecule has 106 valence electrons. The Hall–Kier alpha value is -2.47. The van der Waals surface area contributed by atoms with E-state index in [4.69, 9.17) is 0 Å². The van der Waals surface area contributed by atoms with E-state index in [-0.39, 0.29) is 4.90 Å². The zero-order valence-corrected chi connectivity index (χ0v) is 12.1. The van der Waals surface area contributed by atoms with E-state index in [1.807, 2.05) is 19.1 Å². The number of aryl methyl sites for hydroxylation is 1. The van der Waals surface area contributed by atoms with Gasteiger partial charge in [0.1, 0.15) is 4.90 Å². The Labute approximate surface area is 122 Å². The van der Waals surface area contributed by atoms with Gasteiger partial charge in [0.15, 0.2) is 0 Å². The SMILES string of the molecule is Cc1cnc2c(NS(=O)(=O)c3cccnc3)cccc2c1. The minimum atomic E-state index is -3.67. The van der Waals surface area contributed by atoms with Gasteiger partial charge >= 0.3 is 0 Å². The third-order valence-corrected chi connectivity index (χ3v) is 4.39. The number of nitrogens with zero attached hydrogens (tertiary/aromatic N) is 2. The number of fused-ring (bicyclic) bond motifs is 1. The molecule has 0 unspecified atom stereocenters. The molecule has 0 radical (unpaired) electrons. The van der Waals surface area contributed by atoms with Crippen molar-refractivity contribution in [3.8, 4) is 0 Å². The number of pyridine rings is 2. The van der Waals surface area contributed by atoms with Gasteiger partial charge in [-0.3, -0.25) is 14.7 Å². The molecule has 6 heteroatoms. The van der Waals surface area contributed by atoms with Crippen LogP contribution in [-0.4, -0.2) is 18.4 Å². The van der Waals surface area contributed by atoms with Crippen molar-refractivity contribution in [3.05, 3.63) is 60.6 Å². The highest BCUT2D eigenvalue weighted by Gasteiger charge is 2.15. The topological polar surface area (TPSA) is 72.0 Å². The molecule has 0 saturated carbocycles. The molecular formula is C15H13N3O2S. The van der Waals surface area contributed by atoms with Crippen LogP contribution in [0, 0.1) is 6.92 Å². The molecule has 5 nitrogen and oxygen atoms in total. The highest BCUT2D eigenvalue weighted by Crippen LogP contribution is 2.24. The van der Waals surface area contributed by atoms with Crippen LogP contribution in [0.5, 0.6) is 0 Å². The first-order valence-corrected chi connectivity index (χ1v) is 7.83. The Kier molecular flexibility index (Phi) is 3.31. The molecule has 0 aliphatic heterocycles. The normalized spacial score (nSPS) is 11.5. The Morgan fingerprint density at radius 3 is 2.71 bits per heavy atom. The Balaban J connectivity index is 2.06. The fraction of sp³-hybridized carbons (Fsp3) is 0.0667. The Morgan fingerprint density at radius 2 is 1.95 bits per heavy atom. The lowest BCUT2D eigenvalue weighted by Crippen LogP contribution is -2.13. The predicted octanol–water partition coefficient (Wildman–Crippen LogP) is 2.74. The van der Waals surface area contributed by atoms with Crippen LogP contribution >= 0.6 is 0 Å². The summed E-state index contributed by atoms with van der Waals surface area (Å²) in [6.45, 7) is 1.94. The van der Waals surface area contributed by atoms with Gasteiger partial charge in [-0.25, -0.2) is 8.42 Å². The molecule has 0 fully saturated rings. The summed E-state index contributed by atoms with van der Waals surface area (Å²) in [6, 6.07) is 10.4. The lowest BCUT2D eigenvalue weighted by molar-refractivity contribution is 0.601. The maximum Gasteiger partial charge on any atom is 0.263 e. The van der Waals surface area contributed by atoms with Crippen molar-refractivity contribution >= 4 is 26.6 Å². The summed E-state index contributed by atoms with van der Waals surface area (Å²) in [5, 5.41) is 0.890. The van der Waals surface area contributed by atoms with E-state index in [0.717, 1.165) is 10.9 Å². The van der Waals surface area contributed by atoms with Crippen LogP contribution < -0.4 is 4.72 Å². The van der Waals surface area contributed by atoms with Crippen LogP contribution in [0.1, 0.15) is 5.56 Å². The third kappa shape index (κ3) is 2.71. The second-order valence-corrected chi connectivity index (χ2v) is 6.37. The molecule has 0 spiro atoms. The van der Waals surface area contributed by atoms with Crippen molar-refractivity contribution in [2.45, 2.75) is 11.8 Å². The van der Waals surface area contributed by atoms with Gasteiger partial charge < -0.3 is 0 Å². The van der Waals surface area contributed by atoms with Gasteiger partial charge in [-0.05, 0) is 36.8 Å². The molecule has 2 aromatic heterocycles. The third-order valence-electron chi connectivity index (χ3n) is 3.04. The number of hydrogen-bond acceptors (Lipinski definition) is 4. The number of nitrogens with one attached hydrogen (secondary N) is 1. The summed E-state index contributed by atoms with van der Waals surface area (Å²) in [5.41, 5.74) is 2.10. The van der Waals surface area contributed by atoms with Crippen LogP contribution in [-0.2, 0) is 10.0 Å². The molecule has 0 aliphatic rings. The number of anilines is 1. The minimum absolute atomic E-state index is 0.120. The summed E-state index contributed by atoms with van der Waals surface area (Å²) < 4.78 is 27.2. The molecule has 2 heterocycles. The summed E-state index contributed by atoms with van der Waals surface area (Å²) in [4.78, 5) is 8.27. The molecule has 1 N–H and O–H groups in total. The quantitative estimate of drug-likeness (QED) is 0.807. The zero-order valence-electron chi connectivity index (χ0n) is 11.3. The molecular weight excluding hydrogens is 286 g/mol. The van der Waals surface area contributed by atoms with Crippen molar-refractivity contribution in [2.75, 3.05) is 4.72 Å². The van der Waals surface area contributed by atoms with E-state index in [9.17, 15) is 8.42 Å². The average Bonchev–Trinajstić information content (AvgIpc) is 2.48. The lowest BCUT2D eigenvalue weighted by Gasteiger charge is -2.10. The zero-order chi connectivity index (χ0) is 14.9. The molecule has 1 aromatic carbocycles. The number of rotatable bonds is 3. The average molecular weight is 299 g/mol. The van der Waals surface area contributed by atoms with Crippen molar-refractivity contribution in [3.63, 3.8) is 0 Å². The lowest BCUT2D eigenvalue weighted by atomic mass is 10.1. The maximum absolute atomic E-state index is 12.3. The number of aromatic nitrogens is 2. The van der Waals surface area contributed by atoms with Crippen LogP contribution in [0.15, 0.2) is 59.9 Å². The van der Waals surface area contributed by atoms with Crippen LogP contribution in [0.3, 0.4) is 0 Å². The Morgan fingerprint density at radius 1 is 1.10 bits per heavy atom. The van der Waals surface area contributed by atoms with Gasteiger partial charge in [0, 0.05) is 24.0 Å². The monoisotopic (exact) mass is 299 g/mol. The first-order chi connectivity index (χ1) is 10.1. The molecule has 3 aromatic rings. The molecule has 0 aliphatic carbocycles. The number of para-hydroxylation sites is 1. The first-order valence-electron chi connectivity index (χ1n) is 6.34. The second-order valence-electron chi connectivity index (χ2n) is 4.68. The van der Waals surface area contributed by atoms with E-state index in [1.54, 1.807) is 24.4 Å². The van der Waals surface area contributed by atoms with Gasteiger partial charge in [0.2, 0.25) is 0 Å². The number of hydrogen-bond donors (Lipinski definition) is 1. The largest absolute Gasteiger partial charge is 0.277 e. The van der Waals surface area contributed by atoms with E-state index < -0.39 is 10.0 Å². The fourth-order valence-corrected chi connectivity index (χ4v) is 3.09. The fourth-order valence-electron chi connectivity index (χ4n) is 2.06. The summed E-state index contributed by atoms with van der Waals surface area (Å²) in [5.74, 6) is 0. The van der Waals surface area contributed by atoms with Gasteiger partial charge in [-0.15, -0.1) is 0 Å². The van der Waals surface area contributed by atoms with E-state index in [2.05, 4.69) is 14.7 Å². The molecule has 0 bridgehead atoms.